The lowest BCUT2D eigenvalue weighted by Gasteiger charge is -2.32. The molecule has 0 aliphatic carbocycles. The third-order valence-corrected chi connectivity index (χ3v) is 5.33. The van der Waals surface area contributed by atoms with E-state index in [-0.39, 0.29) is 29.6 Å². The first-order valence-electron chi connectivity index (χ1n) is 9.27. The number of benzene rings is 1. The fourth-order valence-corrected chi connectivity index (χ4v) is 2.80. The number of nitrogens with one attached hydrogen (secondary N) is 1. The molecule has 1 aromatic carbocycles. The van der Waals surface area contributed by atoms with Crippen LogP contribution in [-0.2, 0) is 14.2 Å². The molecular formula is C19H34N2O7S. The van der Waals surface area contributed by atoms with Gasteiger partial charge in [-0.05, 0) is 31.0 Å². The maximum atomic E-state index is 10.4. The Morgan fingerprint density at radius 2 is 1.90 bits per heavy atom. The predicted octanol–water partition coefficient (Wildman–Crippen LogP) is 3.71. The number of anilines is 1. The van der Waals surface area contributed by atoms with Crippen LogP contribution < -0.4 is 15.2 Å². The maximum Gasteiger partial charge on any atom is 0.189 e. The van der Waals surface area contributed by atoms with Gasteiger partial charge in [-0.1, -0.05) is 27.4 Å². The van der Waals surface area contributed by atoms with E-state index in [1.54, 1.807) is 12.1 Å². The van der Waals surface area contributed by atoms with E-state index in [9.17, 15) is 14.2 Å². The summed E-state index contributed by atoms with van der Waals surface area (Å²) in [5.74, 6) is 0.193. The van der Waals surface area contributed by atoms with Gasteiger partial charge in [0, 0.05) is 11.1 Å². The Morgan fingerprint density at radius 3 is 2.48 bits per heavy atom. The molecule has 1 atom stereocenters. The van der Waals surface area contributed by atoms with Gasteiger partial charge in [-0.15, -0.1) is 10.8 Å². The molecule has 0 amide bonds. The molecule has 9 nitrogen and oxygen atoms in total. The molecule has 0 fully saturated rings. The lowest BCUT2D eigenvalue weighted by Crippen LogP contribution is -2.35. The van der Waals surface area contributed by atoms with Crippen molar-refractivity contribution in [2.75, 3.05) is 32.1 Å². The minimum atomic E-state index is -3.54. The normalized spacial score (nSPS) is 13.6. The molecule has 6 N–H and O–H groups in total. The van der Waals surface area contributed by atoms with Crippen molar-refractivity contribution in [2.45, 2.75) is 44.7 Å². The molecule has 0 spiro atoms. The van der Waals surface area contributed by atoms with E-state index in [4.69, 9.17) is 24.1 Å². The number of hydrogen-bond acceptors (Lipinski definition) is 9. The van der Waals surface area contributed by atoms with Crippen LogP contribution in [0, 0.1) is 5.41 Å². The molecule has 0 aromatic heterocycles. The van der Waals surface area contributed by atoms with Crippen LogP contribution in [0.25, 0.3) is 0 Å². The van der Waals surface area contributed by atoms with Crippen LogP contribution >= 0.6 is 10.8 Å². The Bertz CT molecular complexity index is 623. The van der Waals surface area contributed by atoms with Crippen LogP contribution in [0.4, 0.5) is 5.69 Å². The summed E-state index contributed by atoms with van der Waals surface area (Å²) in [4.78, 5) is 0.0255. The van der Waals surface area contributed by atoms with E-state index in [1.807, 2.05) is 20.8 Å². The van der Waals surface area contributed by atoms with Crippen molar-refractivity contribution >= 4 is 16.5 Å². The van der Waals surface area contributed by atoms with Crippen LogP contribution in [0.15, 0.2) is 35.9 Å². The molecule has 0 bridgehead atoms. The van der Waals surface area contributed by atoms with Gasteiger partial charge in [-0.2, -0.15) is 0 Å². The van der Waals surface area contributed by atoms with E-state index in [2.05, 4.69) is 11.9 Å². The van der Waals surface area contributed by atoms with E-state index in [0.717, 1.165) is 6.42 Å². The third kappa shape index (κ3) is 9.22. The van der Waals surface area contributed by atoms with Gasteiger partial charge in [-0.3, -0.25) is 9.11 Å². The molecule has 10 heteroatoms. The summed E-state index contributed by atoms with van der Waals surface area (Å²) < 4.78 is 40.7. The molecule has 1 aromatic rings. The topological polar surface area (TPSA) is 136 Å². The molecule has 1 unspecified atom stereocenters. The number of nitrogens with two attached hydrogens (primary N) is 1. The lowest BCUT2D eigenvalue weighted by molar-refractivity contribution is -0.0314. The fourth-order valence-electron chi connectivity index (χ4n) is 2.08. The van der Waals surface area contributed by atoms with E-state index in [1.165, 1.54) is 12.3 Å². The molecule has 0 heterocycles. The summed E-state index contributed by atoms with van der Waals surface area (Å²) >= 11 is 0. The third-order valence-electron chi connectivity index (χ3n) is 4.37. The summed E-state index contributed by atoms with van der Waals surface area (Å²) in [6.45, 7) is 10.1. The van der Waals surface area contributed by atoms with E-state index in [0.29, 0.717) is 25.3 Å². The number of aliphatic hydroxyl groups is 1. The average molecular weight is 435 g/mol. The standard InChI is InChI=1S/C19H34N2O7S/c1-5-19(3,4)18(22)21-15-8-9-16(17(12-15)29(20,23)24)28-14-27-11-7-10-26-13-25-6-2/h6,8-9,12,18,21-24H,2,5,7,10-11,13-14,20H2,1,3-4H3. The van der Waals surface area contributed by atoms with Crippen LogP contribution in [0.3, 0.4) is 0 Å². The second kappa shape index (κ2) is 12.2. The molecule has 29 heavy (non-hydrogen) atoms. The minimum absolute atomic E-state index is 0.0255. The lowest BCUT2D eigenvalue weighted by atomic mass is 9.88. The highest BCUT2D eigenvalue weighted by Gasteiger charge is 2.26. The number of ether oxygens (including phenoxy) is 4. The SMILES string of the molecule is C=COCOCCCOCOc1ccc(NC(O)C(C)(C)CC)cc1S(N)(O)O. The van der Waals surface area contributed by atoms with Crippen molar-refractivity contribution in [1.29, 1.82) is 0 Å². The van der Waals surface area contributed by atoms with Gasteiger partial charge in [0.15, 0.2) is 13.6 Å². The zero-order valence-corrected chi connectivity index (χ0v) is 18.1. The van der Waals surface area contributed by atoms with Crippen LogP contribution in [0.5, 0.6) is 5.75 Å². The molecule has 0 aliphatic heterocycles. The Kier molecular flexibility index (Phi) is 10.8. The summed E-state index contributed by atoms with van der Waals surface area (Å²) in [6.07, 6.45) is 1.87. The second-order valence-electron chi connectivity index (χ2n) is 7.03. The van der Waals surface area contributed by atoms with E-state index >= 15 is 0 Å². The highest BCUT2D eigenvalue weighted by Crippen LogP contribution is 2.47. The average Bonchev–Trinajstić information content (AvgIpc) is 2.66. The second-order valence-corrected chi connectivity index (χ2v) is 8.65. The van der Waals surface area contributed by atoms with Gasteiger partial charge >= 0.3 is 0 Å². The summed E-state index contributed by atoms with van der Waals surface area (Å²) in [6, 6.07) is 4.66. The van der Waals surface area contributed by atoms with Crippen molar-refractivity contribution in [2.24, 2.45) is 10.6 Å². The van der Waals surface area contributed by atoms with Crippen molar-refractivity contribution in [3.63, 3.8) is 0 Å². The van der Waals surface area contributed by atoms with Crippen molar-refractivity contribution in [1.82, 2.24) is 0 Å². The first-order chi connectivity index (χ1) is 13.6. The largest absolute Gasteiger partial charge is 0.476 e. The molecule has 0 saturated carbocycles. The van der Waals surface area contributed by atoms with Gasteiger partial charge in [0.2, 0.25) is 0 Å². The number of aliphatic hydroxyl groups excluding tert-OH is 1. The number of hydrogen-bond donors (Lipinski definition) is 5. The Balaban J connectivity index is 2.61. The molecular weight excluding hydrogens is 400 g/mol. The minimum Gasteiger partial charge on any atom is -0.476 e. The summed E-state index contributed by atoms with van der Waals surface area (Å²) in [5, 5.41) is 18.8. The molecule has 0 radical (unpaired) electrons. The fraction of sp³-hybridized carbons (Fsp3) is 0.579. The van der Waals surface area contributed by atoms with Gasteiger partial charge in [-0.25, -0.2) is 5.14 Å². The van der Waals surface area contributed by atoms with Crippen molar-refractivity contribution in [3.8, 4) is 5.75 Å². The highest BCUT2D eigenvalue weighted by atomic mass is 32.3. The Labute approximate surface area is 174 Å². The Morgan fingerprint density at radius 1 is 1.24 bits per heavy atom. The summed E-state index contributed by atoms with van der Waals surface area (Å²) in [7, 11) is -3.54. The maximum absolute atomic E-state index is 10.4. The first-order valence-corrected chi connectivity index (χ1v) is 10.9. The predicted molar refractivity (Wildman–Crippen MR) is 114 cm³/mol. The van der Waals surface area contributed by atoms with Crippen LogP contribution in [0.2, 0.25) is 0 Å². The molecule has 0 aliphatic rings. The zero-order valence-electron chi connectivity index (χ0n) is 17.3. The first kappa shape index (κ1) is 25.5. The number of rotatable bonds is 15. The summed E-state index contributed by atoms with van der Waals surface area (Å²) in [5.41, 5.74) is 0.127. The smallest absolute Gasteiger partial charge is 0.189 e. The monoisotopic (exact) mass is 434 g/mol. The van der Waals surface area contributed by atoms with Crippen LogP contribution in [0.1, 0.15) is 33.6 Å². The molecule has 1 rings (SSSR count). The quantitative estimate of drug-likeness (QED) is 0.159. The molecule has 168 valence electrons. The van der Waals surface area contributed by atoms with Crippen LogP contribution in [-0.4, -0.2) is 47.2 Å². The van der Waals surface area contributed by atoms with Gasteiger partial charge in [0.1, 0.15) is 16.9 Å². The molecule has 0 saturated heterocycles. The van der Waals surface area contributed by atoms with Crippen molar-refractivity contribution in [3.05, 3.63) is 31.0 Å². The van der Waals surface area contributed by atoms with Crippen molar-refractivity contribution < 1.29 is 33.2 Å². The van der Waals surface area contributed by atoms with Gasteiger partial charge < -0.3 is 29.4 Å². The van der Waals surface area contributed by atoms with Gasteiger partial charge in [0.25, 0.3) is 0 Å². The zero-order chi connectivity index (χ0) is 21.9. The van der Waals surface area contributed by atoms with E-state index < -0.39 is 17.0 Å². The van der Waals surface area contributed by atoms with Gasteiger partial charge in [0.05, 0.1) is 19.5 Å². The Hall–Kier alpha value is -1.53. The highest BCUT2D eigenvalue weighted by molar-refractivity contribution is 8.22.